The largest absolute Gasteiger partial charge is 0.395 e. The number of hydrogen-bond acceptors (Lipinski definition) is 4. The van der Waals surface area contributed by atoms with Gasteiger partial charge in [-0.1, -0.05) is 30.6 Å². The summed E-state index contributed by atoms with van der Waals surface area (Å²) in [5, 5.41) is 9.64. The number of carbonyl (C=O) groups excluding carboxylic acids is 1. The maximum absolute atomic E-state index is 12.1. The maximum Gasteiger partial charge on any atom is 0.155 e. The molecule has 4 nitrogen and oxygen atoms in total. The topological polar surface area (TPSA) is 49.8 Å². The van der Waals surface area contributed by atoms with Crippen LogP contribution < -0.4 is 0 Å². The minimum absolute atomic E-state index is 0.0226. The normalized spacial score (nSPS) is 47.6. The smallest absolute Gasteiger partial charge is 0.155 e. The molecule has 0 radical (unpaired) electrons. The van der Waals surface area contributed by atoms with Gasteiger partial charge >= 0.3 is 0 Å². The molecule has 1 N–H and O–H groups in total. The van der Waals surface area contributed by atoms with E-state index in [2.05, 4.69) is 25.7 Å². The van der Waals surface area contributed by atoms with Crippen LogP contribution in [0.2, 0.25) is 0 Å². The third-order valence-corrected chi connectivity index (χ3v) is 11.3. The van der Waals surface area contributed by atoms with Gasteiger partial charge in [-0.3, -0.25) is 9.69 Å². The number of piperidine rings is 1. The van der Waals surface area contributed by atoms with E-state index in [4.69, 9.17) is 4.74 Å². The molecule has 0 aromatic heterocycles. The van der Waals surface area contributed by atoms with Crippen LogP contribution in [0.1, 0.15) is 85.0 Å². The Kier molecular flexibility index (Phi) is 5.47. The van der Waals surface area contributed by atoms with Gasteiger partial charge in [0, 0.05) is 24.9 Å². The Morgan fingerprint density at radius 3 is 2.88 bits per heavy atom. The first-order chi connectivity index (χ1) is 15.9. The zero-order valence-corrected chi connectivity index (χ0v) is 20.9. The predicted molar refractivity (Wildman–Crippen MR) is 130 cm³/mol. The monoisotopic (exact) mass is 453 g/mol. The van der Waals surface area contributed by atoms with E-state index in [0.29, 0.717) is 23.8 Å². The molecule has 1 spiro atoms. The molecule has 2 aliphatic heterocycles. The highest BCUT2D eigenvalue weighted by molar-refractivity contribution is 5.91. The average molecular weight is 454 g/mol. The molecular formula is C29H43NO3. The fraction of sp³-hybridized carbons (Fsp3) is 0.828. The molecule has 8 atom stereocenters. The number of fused-ring (bicyclic) bond motifs is 6. The van der Waals surface area contributed by atoms with Gasteiger partial charge in [0.25, 0.3) is 0 Å². The molecule has 0 aromatic rings. The van der Waals surface area contributed by atoms with Gasteiger partial charge in [0.15, 0.2) is 5.78 Å². The number of aliphatic hydroxyl groups excluding tert-OH is 1. The van der Waals surface area contributed by atoms with E-state index >= 15 is 0 Å². The van der Waals surface area contributed by atoms with Crippen LogP contribution in [-0.2, 0) is 9.53 Å². The van der Waals surface area contributed by atoms with Crippen LogP contribution in [-0.4, -0.2) is 53.2 Å². The lowest BCUT2D eigenvalue weighted by Gasteiger charge is -2.48. The van der Waals surface area contributed by atoms with Crippen molar-refractivity contribution in [3.63, 3.8) is 0 Å². The van der Waals surface area contributed by atoms with Gasteiger partial charge < -0.3 is 9.84 Å². The molecule has 0 amide bonds. The van der Waals surface area contributed by atoms with Gasteiger partial charge in [0.05, 0.1) is 18.3 Å². The third-order valence-electron chi connectivity index (χ3n) is 11.3. The van der Waals surface area contributed by atoms with Gasteiger partial charge in [0.2, 0.25) is 0 Å². The number of hydrogen-bond donors (Lipinski definition) is 1. The van der Waals surface area contributed by atoms with Crippen molar-refractivity contribution < 1.29 is 14.6 Å². The van der Waals surface area contributed by atoms with E-state index in [-0.39, 0.29) is 17.6 Å². The molecule has 182 valence electrons. The van der Waals surface area contributed by atoms with Crippen LogP contribution in [0, 0.1) is 29.1 Å². The fourth-order valence-electron chi connectivity index (χ4n) is 9.60. The predicted octanol–water partition coefficient (Wildman–Crippen LogP) is 5.06. The molecule has 2 saturated carbocycles. The second-order valence-corrected chi connectivity index (χ2v) is 12.6. The average Bonchev–Trinajstić information content (AvgIpc) is 3.26. The van der Waals surface area contributed by atoms with Crippen molar-refractivity contribution in [2.45, 2.75) is 103 Å². The Balaban J connectivity index is 1.29. The van der Waals surface area contributed by atoms with Crippen molar-refractivity contribution >= 4 is 5.78 Å². The van der Waals surface area contributed by atoms with Crippen LogP contribution in [0.15, 0.2) is 22.8 Å². The number of carbonyl (C=O) groups is 1. The first kappa shape index (κ1) is 22.5. The second kappa shape index (κ2) is 8.03. The van der Waals surface area contributed by atoms with Crippen LogP contribution in [0.5, 0.6) is 0 Å². The fourth-order valence-corrected chi connectivity index (χ4v) is 9.60. The molecule has 6 rings (SSSR count). The molecular weight excluding hydrogens is 410 g/mol. The summed E-state index contributed by atoms with van der Waals surface area (Å²) in [5.41, 5.74) is 5.06. The van der Waals surface area contributed by atoms with Crippen molar-refractivity contribution in [3.05, 3.63) is 22.8 Å². The molecule has 4 aliphatic carbocycles. The summed E-state index contributed by atoms with van der Waals surface area (Å²) in [4.78, 5) is 14.7. The first-order valence-corrected chi connectivity index (χ1v) is 13.8. The number of likely N-dealkylation sites (tertiary alicyclic amines) is 1. The van der Waals surface area contributed by atoms with Crippen molar-refractivity contribution in [2.75, 3.05) is 19.7 Å². The lowest BCUT2D eigenvalue weighted by atomic mass is 9.56. The summed E-state index contributed by atoms with van der Waals surface area (Å²) >= 11 is 0. The van der Waals surface area contributed by atoms with Crippen molar-refractivity contribution in [1.82, 2.24) is 4.90 Å². The molecule has 0 aromatic carbocycles. The molecule has 2 heterocycles. The Hall–Kier alpha value is -0.970. The van der Waals surface area contributed by atoms with Gasteiger partial charge in [-0.15, -0.1) is 0 Å². The van der Waals surface area contributed by atoms with E-state index in [1.165, 1.54) is 44.1 Å². The van der Waals surface area contributed by atoms with Crippen LogP contribution in [0.3, 0.4) is 0 Å². The maximum atomic E-state index is 12.1. The highest BCUT2D eigenvalue weighted by Gasteiger charge is 2.58. The summed E-state index contributed by atoms with van der Waals surface area (Å²) in [5.74, 6) is 3.10. The number of rotatable bonds is 2. The Morgan fingerprint density at radius 2 is 2.06 bits per heavy atom. The molecule has 6 aliphatic rings. The van der Waals surface area contributed by atoms with Gasteiger partial charge in [-0.05, 0) is 101 Å². The minimum atomic E-state index is -0.0226. The van der Waals surface area contributed by atoms with Gasteiger partial charge in [-0.25, -0.2) is 0 Å². The summed E-state index contributed by atoms with van der Waals surface area (Å²) in [6.45, 7) is 9.48. The summed E-state index contributed by atoms with van der Waals surface area (Å²) in [6, 6.07) is 0.468. The number of nitrogens with zero attached hydrogens (tertiary/aromatic N) is 1. The van der Waals surface area contributed by atoms with Crippen LogP contribution in [0.25, 0.3) is 0 Å². The molecule has 33 heavy (non-hydrogen) atoms. The second-order valence-electron chi connectivity index (χ2n) is 12.6. The lowest BCUT2D eigenvalue weighted by Crippen LogP contribution is -2.50. The van der Waals surface area contributed by atoms with Gasteiger partial charge in [0.1, 0.15) is 0 Å². The minimum Gasteiger partial charge on any atom is -0.395 e. The number of ether oxygens (including phenoxy) is 1. The summed E-state index contributed by atoms with van der Waals surface area (Å²) in [7, 11) is 0. The van der Waals surface area contributed by atoms with Crippen LogP contribution in [0.4, 0.5) is 0 Å². The SMILES string of the molecule is CC1=C2CC3C(CCC4=CC(=O)CCC43C)C2CCC2(C1)OC1CCCN(CCO)C1C2C. The highest BCUT2D eigenvalue weighted by Crippen LogP contribution is 2.64. The lowest BCUT2D eigenvalue weighted by molar-refractivity contribution is -0.116. The first-order valence-electron chi connectivity index (χ1n) is 13.8. The third kappa shape index (κ3) is 3.30. The molecule has 0 bridgehead atoms. The van der Waals surface area contributed by atoms with E-state index in [1.807, 2.05) is 6.08 Å². The zero-order valence-electron chi connectivity index (χ0n) is 20.9. The number of β-amino-alcohol motifs (C(OH)–C–C–N with tert-alkyl or cyclic N) is 1. The van der Waals surface area contributed by atoms with E-state index in [1.54, 1.807) is 11.1 Å². The number of allylic oxidation sites excluding steroid dienone is 3. The standard InChI is InChI=1S/C29H43NO3/c1-18-17-29(19(2)27-26(33-29)5-4-12-30(27)13-14-31)11-9-22-23-7-6-20-15-21(32)8-10-28(20,3)25(23)16-24(18)22/h15,19,22-23,25-27,31H,4-14,16-17H2,1-3H3. The molecule has 4 fully saturated rings. The summed E-state index contributed by atoms with van der Waals surface area (Å²) in [6.07, 6.45) is 13.7. The number of aliphatic hydroxyl groups is 1. The van der Waals surface area contributed by atoms with Crippen molar-refractivity contribution in [1.29, 1.82) is 0 Å². The molecule has 8 unspecified atom stereocenters. The number of ketones is 1. The molecule has 2 saturated heterocycles. The zero-order chi connectivity index (χ0) is 23.0. The Labute approximate surface area is 199 Å². The van der Waals surface area contributed by atoms with E-state index in [9.17, 15) is 9.90 Å². The Bertz CT molecular complexity index is 889. The van der Waals surface area contributed by atoms with Gasteiger partial charge in [-0.2, -0.15) is 0 Å². The van der Waals surface area contributed by atoms with Crippen molar-refractivity contribution in [3.8, 4) is 0 Å². The van der Waals surface area contributed by atoms with E-state index < -0.39 is 0 Å². The van der Waals surface area contributed by atoms with E-state index in [0.717, 1.165) is 56.5 Å². The summed E-state index contributed by atoms with van der Waals surface area (Å²) < 4.78 is 7.05. The van der Waals surface area contributed by atoms with Crippen molar-refractivity contribution in [2.24, 2.45) is 29.1 Å². The quantitative estimate of drug-likeness (QED) is 0.594. The van der Waals surface area contributed by atoms with Crippen LogP contribution >= 0.6 is 0 Å². The Morgan fingerprint density at radius 1 is 1.21 bits per heavy atom. The molecule has 4 heteroatoms. The highest BCUT2D eigenvalue weighted by atomic mass is 16.5.